The maximum Gasteiger partial charge on any atom is 0.274 e. The van der Waals surface area contributed by atoms with E-state index in [1.165, 1.54) is 0 Å². The SMILES string of the molecule is CCN1CCN(c2nc(C)cc(C(=O)Nc3ccccc3OC(C)C)n2)CC1. The second kappa shape index (κ2) is 9.01. The lowest BCUT2D eigenvalue weighted by molar-refractivity contribution is 0.102. The zero-order chi connectivity index (χ0) is 20.1. The van der Waals surface area contributed by atoms with Crippen LogP contribution < -0.4 is 15.0 Å². The summed E-state index contributed by atoms with van der Waals surface area (Å²) in [7, 11) is 0. The van der Waals surface area contributed by atoms with Crippen molar-refractivity contribution in [2.75, 3.05) is 42.9 Å². The van der Waals surface area contributed by atoms with Crippen molar-refractivity contribution in [3.8, 4) is 5.75 Å². The molecule has 0 saturated carbocycles. The number of rotatable bonds is 6. The van der Waals surface area contributed by atoms with E-state index in [4.69, 9.17) is 4.74 Å². The number of ether oxygens (including phenoxy) is 1. The molecule has 0 spiro atoms. The van der Waals surface area contributed by atoms with Gasteiger partial charge in [0.1, 0.15) is 11.4 Å². The van der Waals surface area contributed by atoms with Crippen molar-refractivity contribution in [2.45, 2.75) is 33.8 Å². The number of para-hydroxylation sites is 2. The molecule has 0 atom stereocenters. The highest BCUT2D eigenvalue weighted by molar-refractivity contribution is 6.03. The van der Waals surface area contributed by atoms with Gasteiger partial charge in [0.2, 0.25) is 5.95 Å². The molecule has 1 aromatic carbocycles. The van der Waals surface area contributed by atoms with E-state index in [9.17, 15) is 4.79 Å². The summed E-state index contributed by atoms with van der Waals surface area (Å²) in [6.07, 6.45) is 0.0211. The van der Waals surface area contributed by atoms with Gasteiger partial charge < -0.3 is 19.9 Å². The predicted molar refractivity (Wildman–Crippen MR) is 111 cm³/mol. The molecule has 0 aliphatic carbocycles. The normalized spacial score (nSPS) is 15.0. The lowest BCUT2D eigenvalue weighted by Crippen LogP contribution is -2.47. The molecule has 7 heteroatoms. The van der Waals surface area contributed by atoms with E-state index in [1.54, 1.807) is 6.07 Å². The van der Waals surface area contributed by atoms with Crippen LogP contribution in [0, 0.1) is 6.92 Å². The molecular formula is C21H29N5O2. The van der Waals surface area contributed by atoms with Gasteiger partial charge in [0.05, 0.1) is 11.8 Å². The number of hydrogen-bond acceptors (Lipinski definition) is 6. The highest BCUT2D eigenvalue weighted by Gasteiger charge is 2.20. The lowest BCUT2D eigenvalue weighted by atomic mass is 10.2. The van der Waals surface area contributed by atoms with E-state index < -0.39 is 0 Å². The quantitative estimate of drug-likeness (QED) is 0.827. The monoisotopic (exact) mass is 383 g/mol. The van der Waals surface area contributed by atoms with E-state index in [0.717, 1.165) is 38.4 Å². The summed E-state index contributed by atoms with van der Waals surface area (Å²) in [6.45, 7) is 12.7. The third-order valence-electron chi connectivity index (χ3n) is 4.68. The van der Waals surface area contributed by atoms with Crippen LogP contribution in [0.25, 0.3) is 0 Å². The topological polar surface area (TPSA) is 70.6 Å². The molecule has 150 valence electrons. The minimum Gasteiger partial charge on any atom is -0.489 e. The second-order valence-corrected chi connectivity index (χ2v) is 7.23. The summed E-state index contributed by atoms with van der Waals surface area (Å²) >= 11 is 0. The molecule has 0 radical (unpaired) electrons. The minimum absolute atomic E-state index is 0.0211. The van der Waals surface area contributed by atoms with Crippen LogP contribution in [-0.4, -0.2) is 59.6 Å². The first-order valence-electron chi connectivity index (χ1n) is 9.86. The Bertz CT molecular complexity index is 816. The van der Waals surface area contributed by atoms with Gasteiger partial charge in [0, 0.05) is 31.9 Å². The molecule has 0 bridgehead atoms. The molecule has 1 fully saturated rings. The Hall–Kier alpha value is -2.67. The van der Waals surface area contributed by atoms with E-state index in [0.29, 0.717) is 23.1 Å². The van der Waals surface area contributed by atoms with Gasteiger partial charge in [-0.25, -0.2) is 9.97 Å². The first kappa shape index (κ1) is 20.1. The number of likely N-dealkylation sites (N-methyl/N-ethyl adjacent to an activating group) is 1. The van der Waals surface area contributed by atoms with Gasteiger partial charge in [-0.3, -0.25) is 4.79 Å². The summed E-state index contributed by atoms with van der Waals surface area (Å²) in [4.78, 5) is 26.5. The fourth-order valence-corrected chi connectivity index (χ4v) is 3.19. The number of piperazine rings is 1. The molecule has 7 nitrogen and oxygen atoms in total. The van der Waals surface area contributed by atoms with Gasteiger partial charge in [-0.2, -0.15) is 0 Å². The first-order valence-corrected chi connectivity index (χ1v) is 9.86. The van der Waals surface area contributed by atoms with Gasteiger partial charge in [-0.15, -0.1) is 0 Å². The van der Waals surface area contributed by atoms with Crippen molar-refractivity contribution in [2.24, 2.45) is 0 Å². The minimum atomic E-state index is -0.265. The number of aromatic nitrogens is 2. The van der Waals surface area contributed by atoms with Crippen LogP contribution >= 0.6 is 0 Å². The predicted octanol–water partition coefficient (Wildman–Crippen LogP) is 2.97. The molecule has 1 N–H and O–H groups in total. The second-order valence-electron chi connectivity index (χ2n) is 7.23. The average molecular weight is 383 g/mol. The Kier molecular flexibility index (Phi) is 6.46. The molecule has 1 aliphatic rings. The summed E-state index contributed by atoms with van der Waals surface area (Å²) in [6, 6.07) is 9.14. The first-order chi connectivity index (χ1) is 13.5. The number of amides is 1. The lowest BCUT2D eigenvalue weighted by Gasteiger charge is -2.34. The molecule has 1 amide bonds. The number of aryl methyl sites for hydroxylation is 1. The van der Waals surface area contributed by atoms with Gasteiger partial charge in [0.15, 0.2) is 0 Å². The highest BCUT2D eigenvalue weighted by Crippen LogP contribution is 2.25. The fraction of sp³-hybridized carbons (Fsp3) is 0.476. The van der Waals surface area contributed by atoms with Crippen LogP contribution in [0.1, 0.15) is 37.0 Å². The maximum atomic E-state index is 12.9. The van der Waals surface area contributed by atoms with Crippen molar-refractivity contribution < 1.29 is 9.53 Å². The molecule has 1 aromatic heterocycles. The molecule has 28 heavy (non-hydrogen) atoms. The summed E-state index contributed by atoms with van der Waals surface area (Å²) < 4.78 is 5.79. The molecule has 1 aliphatic heterocycles. The smallest absolute Gasteiger partial charge is 0.274 e. The Morgan fingerprint density at radius 1 is 1.18 bits per heavy atom. The number of nitrogens with one attached hydrogen (secondary N) is 1. The fourth-order valence-electron chi connectivity index (χ4n) is 3.19. The average Bonchev–Trinajstić information content (AvgIpc) is 2.68. The largest absolute Gasteiger partial charge is 0.489 e. The van der Waals surface area contributed by atoms with Gasteiger partial charge in [-0.1, -0.05) is 19.1 Å². The van der Waals surface area contributed by atoms with Crippen molar-refractivity contribution >= 4 is 17.5 Å². The Morgan fingerprint density at radius 3 is 2.57 bits per heavy atom. The number of carbonyl (C=O) groups excluding carboxylic acids is 1. The van der Waals surface area contributed by atoms with Crippen LogP contribution in [-0.2, 0) is 0 Å². The zero-order valence-electron chi connectivity index (χ0n) is 17.1. The zero-order valence-corrected chi connectivity index (χ0v) is 17.1. The van der Waals surface area contributed by atoms with Crippen LogP contribution in [0.4, 0.5) is 11.6 Å². The van der Waals surface area contributed by atoms with Crippen molar-refractivity contribution in [1.29, 1.82) is 0 Å². The van der Waals surface area contributed by atoms with E-state index >= 15 is 0 Å². The number of benzene rings is 1. The van der Waals surface area contributed by atoms with E-state index in [1.807, 2.05) is 45.0 Å². The van der Waals surface area contributed by atoms with Crippen LogP contribution in [0.2, 0.25) is 0 Å². The Balaban J connectivity index is 1.77. The summed E-state index contributed by atoms with van der Waals surface area (Å²) in [5.74, 6) is 0.999. The molecule has 0 unspecified atom stereocenters. The Morgan fingerprint density at radius 2 is 1.89 bits per heavy atom. The van der Waals surface area contributed by atoms with Crippen molar-refractivity contribution in [1.82, 2.24) is 14.9 Å². The number of carbonyl (C=O) groups is 1. The van der Waals surface area contributed by atoms with E-state index in [2.05, 4.69) is 32.0 Å². The molecule has 2 aromatic rings. The number of hydrogen-bond donors (Lipinski definition) is 1. The molecular weight excluding hydrogens is 354 g/mol. The number of anilines is 2. The highest BCUT2D eigenvalue weighted by atomic mass is 16.5. The van der Waals surface area contributed by atoms with Crippen LogP contribution in [0.3, 0.4) is 0 Å². The summed E-state index contributed by atoms with van der Waals surface area (Å²) in [5.41, 5.74) is 1.77. The van der Waals surface area contributed by atoms with Gasteiger partial charge in [0.25, 0.3) is 5.91 Å². The van der Waals surface area contributed by atoms with E-state index in [-0.39, 0.29) is 12.0 Å². The standard InChI is InChI=1S/C21H29N5O2/c1-5-25-10-12-26(13-11-25)21-22-16(4)14-18(24-21)20(27)23-17-8-6-7-9-19(17)28-15(2)3/h6-9,14-15H,5,10-13H2,1-4H3,(H,23,27). The molecule has 3 rings (SSSR count). The van der Waals surface area contributed by atoms with Crippen LogP contribution in [0.5, 0.6) is 5.75 Å². The third-order valence-corrected chi connectivity index (χ3v) is 4.68. The van der Waals surface area contributed by atoms with Crippen LogP contribution in [0.15, 0.2) is 30.3 Å². The molecule has 1 saturated heterocycles. The van der Waals surface area contributed by atoms with Gasteiger partial charge >= 0.3 is 0 Å². The third kappa shape index (κ3) is 4.98. The summed E-state index contributed by atoms with van der Waals surface area (Å²) in [5, 5.41) is 2.92. The molecule has 2 heterocycles. The van der Waals surface area contributed by atoms with Crippen molar-refractivity contribution in [3.63, 3.8) is 0 Å². The number of nitrogens with zero attached hydrogens (tertiary/aromatic N) is 4. The van der Waals surface area contributed by atoms with Crippen molar-refractivity contribution in [3.05, 3.63) is 41.7 Å². The Labute approximate surface area is 166 Å². The maximum absolute atomic E-state index is 12.9. The van der Waals surface area contributed by atoms with Gasteiger partial charge in [-0.05, 0) is 45.5 Å².